The van der Waals surface area contributed by atoms with E-state index in [9.17, 15) is 9.50 Å². The molecule has 1 aliphatic rings. The molecule has 4 nitrogen and oxygen atoms in total. The zero-order valence-electron chi connectivity index (χ0n) is 12.8. The molecule has 2 atom stereocenters. The first-order chi connectivity index (χ1) is 11.2. The molecule has 0 saturated carbocycles. The van der Waals surface area contributed by atoms with Crippen LogP contribution >= 0.6 is 0 Å². The van der Waals surface area contributed by atoms with E-state index in [1.54, 1.807) is 30.5 Å². The third-order valence-corrected chi connectivity index (χ3v) is 4.40. The summed E-state index contributed by atoms with van der Waals surface area (Å²) in [5.74, 6) is 0.105. The summed E-state index contributed by atoms with van der Waals surface area (Å²) in [6.07, 6.45) is 3.65. The molecule has 1 fully saturated rings. The van der Waals surface area contributed by atoms with E-state index in [1.165, 1.54) is 6.07 Å². The van der Waals surface area contributed by atoms with Crippen LogP contribution in [0.2, 0.25) is 0 Å². The highest BCUT2D eigenvalue weighted by Gasteiger charge is 2.28. The second-order valence-corrected chi connectivity index (χ2v) is 5.96. The maximum atomic E-state index is 13.4. The molecule has 0 spiro atoms. The number of rotatable bonds is 5. The highest BCUT2D eigenvalue weighted by Crippen LogP contribution is 2.29. The van der Waals surface area contributed by atoms with Gasteiger partial charge in [0.25, 0.3) is 0 Å². The molecule has 1 aromatic carbocycles. The Morgan fingerprint density at radius 3 is 3.04 bits per heavy atom. The van der Waals surface area contributed by atoms with Gasteiger partial charge in [-0.3, -0.25) is 4.90 Å². The summed E-state index contributed by atoms with van der Waals surface area (Å²) in [6, 6.07) is 10.3. The lowest BCUT2D eigenvalue weighted by molar-refractivity contribution is 0.0995. The third kappa shape index (κ3) is 3.61. The normalized spacial score (nSPS) is 19.6. The fourth-order valence-electron chi connectivity index (χ4n) is 3.22. The summed E-state index contributed by atoms with van der Waals surface area (Å²) in [4.78, 5) is 2.28. The van der Waals surface area contributed by atoms with E-state index in [4.69, 9.17) is 9.68 Å². The fraction of sp³-hybridized carbons (Fsp3) is 0.389. The maximum Gasteiger partial charge on any atom is 0.140 e. The molecule has 1 aromatic heterocycles. The monoisotopic (exact) mass is 314 g/mol. The average Bonchev–Trinajstić information content (AvgIpc) is 3.21. The molecule has 120 valence electrons. The van der Waals surface area contributed by atoms with E-state index in [0.717, 1.165) is 24.9 Å². The van der Waals surface area contributed by atoms with Crippen molar-refractivity contribution in [3.8, 4) is 6.07 Å². The van der Waals surface area contributed by atoms with Crippen LogP contribution in [0.1, 0.15) is 42.3 Å². The zero-order valence-corrected chi connectivity index (χ0v) is 12.8. The molecule has 0 aliphatic carbocycles. The first-order valence-corrected chi connectivity index (χ1v) is 7.81. The molecule has 2 unspecified atom stereocenters. The Morgan fingerprint density at radius 2 is 2.30 bits per heavy atom. The van der Waals surface area contributed by atoms with Gasteiger partial charge in [0.2, 0.25) is 0 Å². The average molecular weight is 314 g/mol. The lowest BCUT2D eigenvalue weighted by atomic mass is 10.0. The standard InChI is InChI=1S/C18H19FN2O2/c19-16-6-5-13(9-14(16)11-20)12-21-7-1-3-15(21)10-17(22)18-4-2-8-23-18/h2,4-6,8-9,15,17,22H,1,3,7,10,12H2. The van der Waals surface area contributed by atoms with Crippen molar-refractivity contribution >= 4 is 0 Å². The van der Waals surface area contributed by atoms with Crippen molar-refractivity contribution in [3.05, 3.63) is 59.3 Å². The van der Waals surface area contributed by atoms with E-state index in [-0.39, 0.29) is 11.6 Å². The van der Waals surface area contributed by atoms with Crippen molar-refractivity contribution in [3.63, 3.8) is 0 Å². The Labute approximate surface area is 134 Å². The maximum absolute atomic E-state index is 13.4. The van der Waals surface area contributed by atoms with Crippen LogP contribution in [0.5, 0.6) is 0 Å². The number of furan rings is 1. The van der Waals surface area contributed by atoms with E-state index in [2.05, 4.69) is 4.90 Å². The van der Waals surface area contributed by atoms with Crippen molar-refractivity contribution in [2.45, 2.75) is 38.0 Å². The molecule has 1 saturated heterocycles. The molecule has 0 bridgehead atoms. The second-order valence-electron chi connectivity index (χ2n) is 5.96. The number of aliphatic hydroxyl groups excluding tert-OH is 1. The number of aliphatic hydroxyl groups is 1. The highest BCUT2D eigenvalue weighted by atomic mass is 19.1. The zero-order chi connectivity index (χ0) is 16.2. The number of hydrogen-bond acceptors (Lipinski definition) is 4. The number of likely N-dealkylation sites (tertiary alicyclic amines) is 1. The van der Waals surface area contributed by atoms with E-state index in [1.807, 2.05) is 6.07 Å². The van der Waals surface area contributed by atoms with Crippen LogP contribution in [-0.2, 0) is 6.54 Å². The first-order valence-electron chi connectivity index (χ1n) is 7.81. The van der Waals surface area contributed by atoms with Crippen LogP contribution in [0.25, 0.3) is 0 Å². The van der Waals surface area contributed by atoms with Gasteiger partial charge in [-0.1, -0.05) is 6.07 Å². The van der Waals surface area contributed by atoms with Gasteiger partial charge < -0.3 is 9.52 Å². The largest absolute Gasteiger partial charge is 0.467 e. The van der Waals surface area contributed by atoms with E-state index < -0.39 is 11.9 Å². The Kier molecular flexibility index (Phi) is 4.75. The smallest absolute Gasteiger partial charge is 0.140 e. The van der Waals surface area contributed by atoms with Gasteiger partial charge in [0.05, 0.1) is 11.8 Å². The molecule has 2 aromatic rings. The summed E-state index contributed by atoms with van der Waals surface area (Å²) in [5.41, 5.74) is 0.996. The lowest BCUT2D eigenvalue weighted by Crippen LogP contribution is -2.30. The van der Waals surface area contributed by atoms with Gasteiger partial charge in [-0.05, 0) is 55.6 Å². The Bertz CT molecular complexity index is 694. The number of hydrogen-bond donors (Lipinski definition) is 1. The predicted molar refractivity (Wildman–Crippen MR) is 82.8 cm³/mol. The van der Waals surface area contributed by atoms with Gasteiger partial charge in [0.1, 0.15) is 23.8 Å². The van der Waals surface area contributed by atoms with Crippen molar-refractivity contribution in [1.82, 2.24) is 4.90 Å². The van der Waals surface area contributed by atoms with Crippen molar-refractivity contribution in [2.24, 2.45) is 0 Å². The van der Waals surface area contributed by atoms with Gasteiger partial charge in [0.15, 0.2) is 0 Å². The molecule has 5 heteroatoms. The van der Waals surface area contributed by atoms with E-state index in [0.29, 0.717) is 18.7 Å². The quantitative estimate of drug-likeness (QED) is 0.919. The molecule has 0 radical (unpaired) electrons. The molecule has 23 heavy (non-hydrogen) atoms. The van der Waals surface area contributed by atoms with Crippen LogP contribution in [0.3, 0.4) is 0 Å². The van der Waals surface area contributed by atoms with Crippen LogP contribution in [0.4, 0.5) is 4.39 Å². The van der Waals surface area contributed by atoms with Crippen molar-refractivity contribution in [1.29, 1.82) is 5.26 Å². The molecular weight excluding hydrogens is 295 g/mol. The van der Waals surface area contributed by atoms with Crippen LogP contribution in [-0.4, -0.2) is 22.6 Å². The van der Waals surface area contributed by atoms with Gasteiger partial charge in [0, 0.05) is 12.6 Å². The van der Waals surface area contributed by atoms with Crippen molar-refractivity contribution < 1.29 is 13.9 Å². The summed E-state index contributed by atoms with van der Waals surface area (Å²) >= 11 is 0. The molecule has 2 heterocycles. The van der Waals surface area contributed by atoms with Gasteiger partial charge >= 0.3 is 0 Å². The number of halogens is 1. The molecule has 3 rings (SSSR count). The number of benzene rings is 1. The number of nitrogens with zero attached hydrogens (tertiary/aromatic N) is 2. The highest BCUT2D eigenvalue weighted by molar-refractivity contribution is 5.34. The third-order valence-electron chi connectivity index (χ3n) is 4.40. The topological polar surface area (TPSA) is 60.4 Å². The first kappa shape index (κ1) is 15.7. The van der Waals surface area contributed by atoms with Crippen LogP contribution in [0.15, 0.2) is 41.0 Å². The van der Waals surface area contributed by atoms with Gasteiger partial charge in [-0.2, -0.15) is 5.26 Å². The Morgan fingerprint density at radius 1 is 1.43 bits per heavy atom. The predicted octanol–water partition coefficient (Wildman–Crippen LogP) is 3.38. The SMILES string of the molecule is N#Cc1cc(CN2CCCC2CC(O)c2ccco2)ccc1F. The van der Waals surface area contributed by atoms with Crippen LogP contribution in [0, 0.1) is 17.1 Å². The molecular formula is C18H19FN2O2. The summed E-state index contributed by atoms with van der Waals surface area (Å²) in [5, 5.41) is 19.2. The van der Waals surface area contributed by atoms with Gasteiger partial charge in [-0.25, -0.2) is 4.39 Å². The fourth-order valence-corrected chi connectivity index (χ4v) is 3.22. The minimum Gasteiger partial charge on any atom is -0.467 e. The van der Waals surface area contributed by atoms with Crippen molar-refractivity contribution in [2.75, 3.05) is 6.54 Å². The number of nitriles is 1. The Balaban J connectivity index is 1.66. The molecule has 1 N–H and O–H groups in total. The Hall–Kier alpha value is -2.16. The summed E-state index contributed by atoms with van der Waals surface area (Å²) in [6.45, 7) is 1.60. The lowest BCUT2D eigenvalue weighted by Gasteiger charge is -2.26. The summed E-state index contributed by atoms with van der Waals surface area (Å²) in [7, 11) is 0. The molecule has 1 aliphatic heterocycles. The second kappa shape index (κ2) is 6.95. The van der Waals surface area contributed by atoms with E-state index >= 15 is 0 Å². The minimum atomic E-state index is -0.613. The van der Waals surface area contributed by atoms with Gasteiger partial charge in [-0.15, -0.1) is 0 Å². The minimum absolute atomic E-state index is 0.0777. The molecule has 0 amide bonds. The summed E-state index contributed by atoms with van der Waals surface area (Å²) < 4.78 is 18.7. The van der Waals surface area contributed by atoms with Crippen LogP contribution < -0.4 is 0 Å².